The van der Waals surface area contributed by atoms with E-state index in [4.69, 9.17) is 9.97 Å². The van der Waals surface area contributed by atoms with Crippen LogP contribution in [0, 0.1) is 27.7 Å². The van der Waals surface area contributed by atoms with Crippen molar-refractivity contribution in [2.24, 2.45) is 0 Å². The van der Waals surface area contributed by atoms with Crippen molar-refractivity contribution in [3.63, 3.8) is 0 Å². The molecule has 0 saturated carbocycles. The molecule has 6 nitrogen and oxygen atoms in total. The Bertz CT molecular complexity index is 1050. The van der Waals surface area contributed by atoms with Gasteiger partial charge in [0.25, 0.3) is 0 Å². The summed E-state index contributed by atoms with van der Waals surface area (Å²) >= 11 is 0. The maximum Gasteiger partial charge on any atom is 0.335 e. The third kappa shape index (κ3) is 3.84. The molecule has 0 unspecified atom stereocenters. The van der Waals surface area contributed by atoms with Gasteiger partial charge in [0.1, 0.15) is 11.6 Å². The predicted molar refractivity (Wildman–Crippen MR) is 118 cm³/mol. The third-order valence-electron chi connectivity index (χ3n) is 5.37. The van der Waals surface area contributed by atoms with Gasteiger partial charge in [0.15, 0.2) is 5.65 Å². The van der Waals surface area contributed by atoms with Gasteiger partial charge in [0.2, 0.25) is 0 Å². The second-order valence-electron chi connectivity index (χ2n) is 7.67. The van der Waals surface area contributed by atoms with E-state index in [1.165, 1.54) is 0 Å². The maximum atomic E-state index is 11.4. The van der Waals surface area contributed by atoms with Gasteiger partial charge in [0, 0.05) is 19.3 Å². The summed E-state index contributed by atoms with van der Waals surface area (Å²) in [6, 6.07) is 3.45. The van der Waals surface area contributed by atoms with Crippen LogP contribution in [0.15, 0.2) is 18.3 Å². The summed E-state index contributed by atoms with van der Waals surface area (Å²) in [6.45, 7) is 14.1. The molecule has 1 N–H and O–H groups in total. The zero-order valence-corrected chi connectivity index (χ0v) is 18.2. The van der Waals surface area contributed by atoms with Gasteiger partial charge in [-0.2, -0.15) is 0 Å². The second kappa shape index (κ2) is 8.23. The molecule has 29 heavy (non-hydrogen) atoms. The molecule has 0 aliphatic heterocycles. The Morgan fingerprint density at radius 3 is 2.28 bits per heavy atom. The van der Waals surface area contributed by atoms with Crippen molar-refractivity contribution in [2.75, 3.05) is 18.0 Å². The van der Waals surface area contributed by atoms with Gasteiger partial charge in [-0.05, 0) is 69.9 Å². The summed E-state index contributed by atoms with van der Waals surface area (Å²) in [6.07, 6.45) is 4.34. The molecule has 0 fully saturated rings. The van der Waals surface area contributed by atoms with Gasteiger partial charge < -0.3 is 14.6 Å². The lowest BCUT2D eigenvalue weighted by Crippen LogP contribution is -2.25. The average molecular weight is 395 g/mol. The molecule has 3 rings (SSSR count). The molecule has 6 heteroatoms. The number of anilines is 1. The first-order valence-corrected chi connectivity index (χ1v) is 10.2. The fraction of sp³-hybridized carbons (Fsp3) is 0.435. The van der Waals surface area contributed by atoms with Gasteiger partial charge in [-0.3, -0.25) is 0 Å². The predicted octanol–water partition coefficient (Wildman–Crippen LogP) is 4.98. The van der Waals surface area contributed by atoms with E-state index < -0.39 is 5.97 Å². The molecule has 0 radical (unpaired) electrons. The SMILES string of the molecule is CCCCN(CC)c1nc(C)nc2c1c(C)cn2-c1c(C)cc(C(=O)O)cc1C. The number of unbranched alkanes of at least 4 members (excludes halogenated alkanes) is 1. The van der Waals surface area contributed by atoms with Crippen LogP contribution in [-0.2, 0) is 0 Å². The van der Waals surface area contributed by atoms with E-state index in [1.54, 1.807) is 12.1 Å². The highest BCUT2D eigenvalue weighted by atomic mass is 16.4. The monoisotopic (exact) mass is 394 g/mol. The number of hydrogen-bond acceptors (Lipinski definition) is 4. The Hall–Kier alpha value is -2.89. The number of aromatic carboxylic acids is 1. The van der Waals surface area contributed by atoms with Crippen molar-refractivity contribution in [3.8, 4) is 5.69 Å². The third-order valence-corrected chi connectivity index (χ3v) is 5.37. The van der Waals surface area contributed by atoms with Gasteiger partial charge in [0.05, 0.1) is 16.6 Å². The number of fused-ring (bicyclic) bond motifs is 1. The zero-order valence-electron chi connectivity index (χ0n) is 18.2. The Morgan fingerprint density at radius 2 is 1.72 bits per heavy atom. The second-order valence-corrected chi connectivity index (χ2v) is 7.67. The molecule has 3 aromatic rings. The van der Waals surface area contributed by atoms with Gasteiger partial charge in [-0.25, -0.2) is 14.8 Å². The number of carbonyl (C=O) groups is 1. The van der Waals surface area contributed by atoms with E-state index in [9.17, 15) is 9.90 Å². The van der Waals surface area contributed by atoms with Gasteiger partial charge in [-0.1, -0.05) is 13.3 Å². The van der Waals surface area contributed by atoms with Crippen molar-refractivity contribution in [1.82, 2.24) is 14.5 Å². The molecule has 154 valence electrons. The standard InChI is InChI=1S/C23H30N4O2/c1-7-9-10-26(8-2)21-19-16(5)13-27(22(19)25-17(6)24-21)20-14(3)11-18(23(28)29)12-15(20)4/h11-13H,7-10H2,1-6H3,(H,28,29). The minimum Gasteiger partial charge on any atom is -0.478 e. The van der Waals surface area contributed by atoms with E-state index in [0.29, 0.717) is 5.56 Å². The lowest BCUT2D eigenvalue weighted by molar-refractivity contribution is 0.0696. The van der Waals surface area contributed by atoms with E-state index >= 15 is 0 Å². The first-order valence-electron chi connectivity index (χ1n) is 10.2. The smallest absolute Gasteiger partial charge is 0.335 e. The highest BCUT2D eigenvalue weighted by molar-refractivity contribution is 5.93. The van der Waals surface area contributed by atoms with Crippen molar-refractivity contribution in [2.45, 2.75) is 54.4 Å². The van der Waals surface area contributed by atoms with Gasteiger partial charge >= 0.3 is 5.97 Å². The molecule has 1 aromatic carbocycles. The van der Waals surface area contributed by atoms with E-state index in [0.717, 1.165) is 71.0 Å². The molecular formula is C23H30N4O2. The normalized spacial score (nSPS) is 11.2. The van der Waals surface area contributed by atoms with Gasteiger partial charge in [-0.15, -0.1) is 0 Å². The van der Waals surface area contributed by atoms with E-state index in [1.807, 2.05) is 20.8 Å². The molecule has 0 spiro atoms. The largest absolute Gasteiger partial charge is 0.478 e. The minimum absolute atomic E-state index is 0.306. The van der Waals surface area contributed by atoms with Crippen LogP contribution in [0.3, 0.4) is 0 Å². The van der Waals surface area contributed by atoms with Crippen LogP contribution < -0.4 is 4.90 Å². The lowest BCUT2D eigenvalue weighted by Gasteiger charge is -2.23. The lowest BCUT2D eigenvalue weighted by atomic mass is 10.0. The Labute approximate surface area is 172 Å². The van der Waals surface area contributed by atoms with Crippen LogP contribution in [-0.4, -0.2) is 38.7 Å². The van der Waals surface area contributed by atoms with Crippen LogP contribution in [0.4, 0.5) is 5.82 Å². The van der Waals surface area contributed by atoms with Crippen LogP contribution >= 0.6 is 0 Å². The van der Waals surface area contributed by atoms with E-state index in [-0.39, 0.29) is 0 Å². The average Bonchev–Trinajstić information content (AvgIpc) is 2.97. The molecule has 0 saturated heterocycles. The fourth-order valence-electron chi connectivity index (χ4n) is 4.01. The van der Waals surface area contributed by atoms with E-state index in [2.05, 4.69) is 36.4 Å². The number of nitrogens with zero attached hydrogens (tertiary/aromatic N) is 4. The molecule has 0 bridgehead atoms. The van der Waals surface area contributed by atoms with Crippen molar-refractivity contribution in [1.29, 1.82) is 0 Å². The van der Waals surface area contributed by atoms with Crippen LogP contribution in [0.25, 0.3) is 16.7 Å². The Kier molecular flexibility index (Phi) is 5.91. The number of aryl methyl sites for hydroxylation is 4. The Balaban J connectivity index is 2.26. The number of carboxylic acids is 1. The van der Waals surface area contributed by atoms with Crippen LogP contribution in [0.1, 0.15) is 59.6 Å². The fourth-order valence-corrected chi connectivity index (χ4v) is 4.01. The number of rotatable bonds is 7. The summed E-state index contributed by atoms with van der Waals surface area (Å²) in [4.78, 5) is 23.3. The number of benzene rings is 1. The molecule has 2 heterocycles. The number of hydrogen-bond donors (Lipinski definition) is 1. The molecule has 0 aliphatic rings. The molecule has 0 atom stereocenters. The highest BCUT2D eigenvalue weighted by Crippen LogP contribution is 2.33. The number of carboxylic acid groups (broad SMARTS) is 1. The minimum atomic E-state index is -0.911. The van der Waals surface area contributed by atoms with Crippen molar-refractivity contribution in [3.05, 3.63) is 46.4 Å². The highest BCUT2D eigenvalue weighted by Gasteiger charge is 2.20. The summed E-state index contributed by atoms with van der Waals surface area (Å²) < 4.78 is 2.09. The summed E-state index contributed by atoms with van der Waals surface area (Å²) in [7, 11) is 0. The first kappa shape index (κ1) is 20.8. The quantitative estimate of drug-likeness (QED) is 0.612. The maximum absolute atomic E-state index is 11.4. The Morgan fingerprint density at radius 1 is 1.07 bits per heavy atom. The summed E-state index contributed by atoms with van der Waals surface area (Å²) in [5.41, 5.74) is 5.10. The molecule has 2 aromatic heterocycles. The van der Waals surface area contributed by atoms with Crippen LogP contribution in [0.2, 0.25) is 0 Å². The van der Waals surface area contributed by atoms with Crippen molar-refractivity contribution < 1.29 is 9.90 Å². The molecule has 0 aliphatic carbocycles. The number of aromatic nitrogens is 3. The molecular weight excluding hydrogens is 364 g/mol. The van der Waals surface area contributed by atoms with Crippen molar-refractivity contribution >= 4 is 22.8 Å². The topological polar surface area (TPSA) is 71.2 Å². The first-order chi connectivity index (χ1) is 13.8. The van der Waals surface area contributed by atoms with Crippen LogP contribution in [0.5, 0.6) is 0 Å². The summed E-state index contributed by atoms with van der Waals surface area (Å²) in [5, 5.41) is 10.4. The molecule has 0 amide bonds. The summed E-state index contributed by atoms with van der Waals surface area (Å²) in [5.74, 6) is 0.808. The zero-order chi connectivity index (χ0) is 21.3.